The molecule has 0 unspecified atom stereocenters. The summed E-state index contributed by atoms with van der Waals surface area (Å²) in [4.78, 5) is 19.3. The van der Waals surface area contributed by atoms with Gasteiger partial charge in [-0.15, -0.1) is 10.2 Å². The van der Waals surface area contributed by atoms with Crippen LogP contribution < -0.4 is 0 Å². The molecule has 0 N–H and O–H groups in total. The van der Waals surface area contributed by atoms with Crippen LogP contribution in [0.2, 0.25) is 0 Å². The lowest BCUT2D eigenvalue weighted by atomic mass is 9.99. The van der Waals surface area contributed by atoms with Crippen LogP contribution in [-0.2, 0) is 6.54 Å². The average Bonchev–Trinajstić information content (AvgIpc) is 3.07. The van der Waals surface area contributed by atoms with Gasteiger partial charge in [0, 0.05) is 24.0 Å². The van der Waals surface area contributed by atoms with E-state index in [0.29, 0.717) is 30.1 Å². The predicted molar refractivity (Wildman–Crippen MR) is 112 cm³/mol. The molecule has 0 saturated carbocycles. The molecule has 4 rings (SSSR count). The Bertz CT molecular complexity index is 1090. The van der Waals surface area contributed by atoms with Gasteiger partial charge in [-0.1, -0.05) is 13.8 Å². The summed E-state index contributed by atoms with van der Waals surface area (Å²) in [5.41, 5.74) is 2.68. The Labute approximate surface area is 175 Å². The molecule has 1 aliphatic rings. The Kier molecular flexibility index (Phi) is 5.37. The zero-order chi connectivity index (χ0) is 21.4. The van der Waals surface area contributed by atoms with Gasteiger partial charge < -0.3 is 9.47 Å². The molecular formula is C23H26FN5O. The summed E-state index contributed by atoms with van der Waals surface area (Å²) in [6.07, 6.45) is 2.60. The molecule has 0 saturated heterocycles. The number of benzene rings is 1. The zero-order valence-electron chi connectivity index (χ0n) is 17.8. The predicted octanol–water partition coefficient (Wildman–Crippen LogP) is 4.34. The topological polar surface area (TPSA) is 63.9 Å². The second-order valence-corrected chi connectivity index (χ2v) is 8.42. The quantitative estimate of drug-likeness (QED) is 0.645. The van der Waals surface area contributed by atoms with Crippen LogP contribution in [0.25, 0.3) is 11.1 Å². The summed E-state index contributed by atoms with van der Waals surface area (Å²) in [7, 11) is 0. The van der Waals surface area contributed by atoms with Gasteiger partial charge in [0.15, 0.2) is 5.82 Å². The average molecular weight is 407 g/mol. The van der Waals surface area contributed by atoms with Crippen molar-refractivity contribution in [3.63, 3.8) is 0 Å². The molecule has 6 nitrogen and oxygen atoms in total. The standard InChI is InChI=1S/C23H26FN5O/c1-14(2)7-21-12-28(13-22-27-26-16(4)29(21)22)23(30)19-9-18(10-20(24)11-19)17-5-6-25-15(3)8-17/h5-6,8-11,14,21H,7,12-13H2,1-4H3/t21-/m0/s1. The largest absolute Gasteiger partial charge is 0.329 e. The lowest BCUT2D eigenvalue weighted by Gasteiger charge is -2.35. The van der Waals surface area contributed by atoms with Crippen molar-refractivity contribution in [1.29, 1.82) is 0 Å². The summed E-state index contributed by atoms with van der Waals surface area (Å²) in [6.45, 7) is 9.08. The van der Waals surface area contributed by atoms with Gasteiger partial charge in [-0.2, -0.15) is 0 Å². The Morgan fingerprint density at radius 1 is 1.17 bits per heavy atom. The monoisotopic (exact) mass is 407 g/mol. The minimum atomic E-state index is -0.430. The van der Waals surface area contributed by atoms with Crippen LogP contribution in [0.1, 0.15) is 54.0 Å². The fourth-order valence-corrected chi connectivity index (χ4v) is 4.23. The number of nitrogens with zero attached hydrogens (tertiary/aromatic N) is 5. The highest BCUT2D eigenvalue weighted by Crippen LogP contribution is 2.29. The van der Waals surface area contributed by atoms with Crippen molar-refractivity contribution in [2.45, 2.75) is 46.7 Å². The Hall–Kier alpha value is -3.09. The first-order valence-corrected chi connectivity index (χ1v) is 10.2. The molecule has 1 amide bonds. The summed E-state index contributed by atoms with van der Waals surface area (Å²) < 4.78 is 16.6. The van der Waals surface area contributed by atoms with Crippen molar-refractivity contribution in [3.05, 3.63) is 65.3 Å². The van der Waals surface area contributed by atoms with Crippen LogP contribution in [0.5, 0.6) is 0 Å². The van der Waals surface area contributed by atoms with Gasteiger partial charge in [-0.05, 0) is 67.6 Å². The van der Waals surface area contributed by atoms with E-state index in [-0.39, 0.29) is 11.9 Å². The second kappa shape index (κ2) is 7.97. The van der Waals surface area contributed by atoms with E-state index in [9.17, 15) is 9.18 Å². The van der Waals surface area contributed by atoms with E-state index < -0.39 is 5.82 Å². The Balaban J connectivity index is 1.66. The van der Waals surface area contributed by atoms with Crippen LogP contribution in [0.3, 0.4) is 0 Å². The lowest BCUT2D eigenvalue weighted by molar-refractivity contribution is 0.0660. The maximum atomic E-state index is 14.4. The number of aryl methyl sites for hydroxylation is 2. The fraction of sp³-hybridized carbons (Fsp3) is 0.391. The highest BCUT2D eigenvalue weighted by Gasteiger charge is 2.31. The highest BCUT2D eigenvalue weighted by atomic mass is 19.1. The highest BCUT2D eigenvalue weighted by molar-refractivity contribution is 5.95. The smallest absolute Gasteiger partial charge is 0.254 e. The molecule has 1 aromatic carbocycles. The van der Waals surface area contributed by atoms with Crippen LogP contribution in [0, 0.1) is 25.6 Å². The third-order valence-electron chi connectivity index (χ3n) is 5.47. The van der Waals surface area contributed by atoms with E-state index in [1.165, 1.54) is 12.1 Å². The first-order valence-electron chi connectivity index (χ1n) is 10.2. The van der Waals surface area contributed by atoms with Crippen molar-refractivity contribution >= 4 is 5.91 Å². The number of pyridine rings is 1. The molecule has 7 heteroatoms. The number of hydrogen-bond acceptors (Lipinski definition) is 4. The summed E-state index contributed by atoms with van der Waals surface area (Å²) in [6, 6.07) is 8.32. The lowest BCUT2D eigenvalue weighted by Crippen LogP contribution is -2.42. The molecule has 0 fully saturated rings. The van der Waals surface area contributed by atoms with Crippen molar-refractivity contribution < 1.29 is 9.18 Å². The van der Waals surface area contributed by atoms with Crippen LogP contribution in [0.15, 0.2) is 36.5 Å². The van der Waals surface area contributed by atoms with E-state index in [1.807, 2.05) is 26.0 Å². The van der Waals surface area contributed by atoms with Gasteiger partial charge in [0.25, 0.3) is 5.91 Å². The summed E-state index contributed by atoms with van der Waals surface area (Å²) in [5.74, 6) is 1.49. The molecule has 0 radical (unpaired) electrons. The van der Waals surface area contributed by atoms with Gasteiger partial charge in [0.1, 0.15) is 11.6 Å². The van der Waals surface area contributed by atoms with Gasteiger partial charge >= 0.3 is 0 Å². The van der Waals surface area contributed by atoms with Gasteiger partial charge in [0.05, 0.1) is 12.6 Å². The molecule has 1 aliphatic heterocycles. The number of carbonyl (C=O) groups is 1. The molecule has 0 spiro atoms. The summed E-state index contributed by atoms with van der Waals surface area (Å²) in [5, 5.41) is 8.48. The number of rotatable bonds is 4. The third kappa shape index (κ3) is 3.97. The van der Waals surface area contributed by atoms with Crippen LogP contribution in [-0.4, -0.2) is 37.1 Å². The third-order valence-corrected chi connectivity index (χ3v) is 5.47. The van der Waals surface area contributed by atoms with Gasteiger partial charge in [-0.3, -0.25) is 9.78 Å². The van der Waals surface area contributed by atoms with E-state index >= 15 is 0 Å². The minimum absolute atomic E-state index is 0.114. The Morgan fingerprint density at radius 2 is 1.97 bits per heavy atom. The van der Waals surface area contributed by atoms with Crippen molar-refractivity contribution in [1.82, 2.24) is 24.6 Å². The SMILES string of the molecule is Cc1cc(-c2cc(F)cc(C(=O)N3Cc4nnc(C)n4[C@@H](CC(C)C)C3)c2)ccn1. The molecule has 0 bridgehead atoms. The molecule has 30 heavy (non-hydrogen) atoms. The fourth-order valence-electron chi connectivity index (χ4n) is 4.23. The molecule has 156 valence electrons. The molecule has 3 aromatic rings. The normalized spacial score (nSPS) is 16.1. The minimum Gasteiger partial charge on any atom is -0.329 e. The maximum Gasteiger partial charge on any atom is 0.254 e. The van der Waals surface area contributed by atoms with E-state index in [1.54, 1.807) is 17.2 Å². The Morgan fingerprint density at radius 3 is 2.70 bits per heavy atom. The van der Waals surface area contributed by atoms with Crippen molar-refractivity contribution in [2.75, 3.05) is 6.54 Å². The van der Waals surface area contributed by atoms with E-state index in [0.717, 1.165) is 29.3 Å². The maximum absolute atomic E-state index is 14.4. The van der Waals surface area contributed by atoms with E-state index in [4.69, 9.17) is 0 Å². The number of carbonyl (C=O) groups excluding carboxylic acids is 1. The summed E-state index contributed by atoms with van der Waals surface area (Å²) >= 11 is 0. The van der Waals surface area contributed by atoms with Crippen molar-refractivity contribution in [3.8, 4) is 11.1 Å². The zero-order valence-corrected chi connectivity index (χ0v) is 17.8. The first-order chi connectivity index (χ1) is 14.3. The molecule has 2 aromatic heterocycles. The molecule has 1 atom stereocenters. The number of aromatic nitrogens is 4. The van der Waals surface area contributed by atoms with Crippen LogP contribution in [0.4, 0.5) is 4.39 Å². The van der Waals surface area contributed by atoms with Crippen LogP contribution >= 0.6 is 0 Å². The first kappa shape index (κ1) is 20.2. The number of halogens is 1. The second-order valence-electron chi connectivity index (χ2n) is 8.42. The van der Waals surface area contributed by atoms with Gasteiger partial charge in [0.2, 0.25) is 0 Å². The molecular weight excluding hydrogens is 381 g/mol. The van der Waals surface area contributed by atoms with E-state index in [2.05, 4.69) is 33.6 Å². The number of amides is 1. The molecule has 3 heterocycles. The number of fused-ring (bicyclic) bond motifs is 1. The number of hydrogen-bond donors (Lipinski definition) is 0. The van der Waals surface area contributed by atoms with Gasteiger partial charge in [-0.25, -0.2) is 4.39 Å². The molecule has 0 aliphatic carbocycles. The van der Waals surface area contributed by atoms with Crippen molar-refractivity contribution in [2.24, 2.45) is 5.92 Å².